The van der Waals surface area contributed by atoms with Gasteiger partial charge in [0.1, 0.15) is 11.6 Å². The van der Waals surface area contributed by atoms with Gasteiger partial charge in [-0.3, -0.25) is 13.9 Å². The third kappa shape index (κ3) is 3.77. The molecule has 0 amide bonds. The Morgan fingerprint density at radius 3 is 2.35 bits per heavy atom. The maximum absolute atomic E-state index is 13.4. The number of aryl methyl sites for hydroxylation is 1. The Kier molecular flexibility index (Phi) is 5.73. The van der Waals surface area contributed by atoms with Crippen LogP contribution in [-0.2, 0) is 20.1 Å². The molecule has 0 aliphatic carbocycles. The van der Waals surface area contributed by atoms with Crippen LogP contribution in [0.1, 0.15) is 12.0 Å². The van der Waals surface area contributed by atoms with Gasteiger partial charge in [-0.2, -0.15) is 0 Å². The van der Waals surface area contributed by atoms with E-state index < -0.39 is 11.2 Å². The van der Waals surface area contributed by atoms with Crippen molar-refractivity contribution in [1.29, 1.82) is 0 Å². The summed E-state index contributed by atoms with van der Waals surface area (Å²) in [7, 11) is 3.21. The van der Waals surface area contributed by atoms with E-state index in [1.807, 2.05) is 59.2 Å². The molecule has 2 aromatic heterocycles. The molecule has 160 valence electrons. The molecule has 8 nitrogen and oxygen atoms in total. The molecule has 0 unspecified atom stereocenters. The molecule has 2 heterocycles. The number of hydrogen-bond donors (Lipinski definition) is 1. The molecular formula is C23H24N4O4. The molecule has 4 aromatic rings. The highest BCUT2D eigenvalue weighted by Gasteiger charge is 2.21. The van der Waals surface area contributed by atoms with Crippen molar-refractivity contribution in [2.24, 2.45) is 7.05 Å². The molecule has 31 heavy (non-hydrogen) atoms. The Bertz CT molecular complexity index is 1320. The fourth-order valence-electron chi connectivity index (χ4n) is 3.68. The number of imidazole rings is 1. The fourth-order valence-corrected chi connectivity index (χ4v) is 3.68. The van der Waals surface area contributed by atoms with E-state index in [2.05, 4.69) is 0 Å². The first-order valence-electron chi connectivity index (χ1n) is 10.0. The minimum atomic E-state index is -0.448. The molecule has 8 heteroatoms. The molecule has 0 radical (unpaired) electrons. The van der Waals surface area contributed by atoms with Gasteiger partial charge in [0, 0.05) is 32.3 Å². The molecular weight excluding hydrogens is 396 g/mol. The predicted molar refractivity (Wildman–Crippen MR) is 118 cm³/mol. The minimum Gasteiger partial charge on any atom is -0.497 e. The average molecular weight is 420 g/mol. The number of aromatic nitrogens is 4. The van der Waals surface area contributed by atoms with Crippen LogP contribution in [0.5, 0.6) is 5.75 Å². The SMILES string of the molecule is COc1ccc(-c2nc3c(c(=O)n(CCCO)c(=O)n3C)n2Cc2ccccc2)cc1. The zero-order valence-corrected chi connectivity index (χ0v) is 17.5. The standard InChI is InChI=1S/C23H24N4O4/c1-25-21-19(22(29)26(23(25)30)13-6-14-28)27(15-16-7-4-3-5-8-16)20(24-21)17-9-11-18(31-2)12-10-17/h3-5,7-12,28H,6,13-15H2,1-2H3. The highest BCUT2D eigenvalue weighted by Crippen LogP contribution is 2.25. The van der Waals surface area contributed by atoms with Gasteiger partial charge < -0.3 is 14.4 Å². The van der Waals surface area contributed by atoms with Crippen LogP contribution in [-0.4, -0.2) is 37.5 Å². The highest BCUT2D eigenvalue weighted by atomic mass is 16.5. The number of fused-ring (bicyclic) bond motifs is 1. The number of nitrogens with zero attached hydrogens (tertiary/aromatic N) is 4. The number of benzene rings is 2. The average Bonchev–Trinajstić information content (AvgIpc) is 3.18. The van der Waals surface area contributed by atoms with Crippen LogP contribution >= 0.6 is 0 Å². The molecule has 1 N–H and O–H groups in total. The minimum absolute atomic E-state index is 0.103. The second-order valence-corrected chi connectivity index (χ2v) is 7.28. The normalized spacial score (nSPS) is 11.2. The van der Waals surface area contributed by atoms with Crippen LogP contribution in [0.4, 0.5) is 0 Å². The first kappa shape index (κ1) is 20.6. The van der Waals surface area contributed by atoms with Gasteiger partial charge in [-0.15, -0.1) is 0 Å². The summed E-state index contributed by atoms with van der Waals surface area (Å²) in [4.78, 5) is 30.8. The Labute approximate surface area is 178 Å². The lowest BCUT2D eigenvalue weighted by Crippen LogP contribution is -2.39. The van der Waals surface area contributed by atoms with Crippen molar-refractivity contribution in [2.75, 3.05) is 13.7 Å². The van der Waals surface area contributed by atoms with E-state index in [0.717, 1.165) is 11.1 Å². The summed E-state index contributed by atoms with van der Waals surface area (Å²) in [5.74, 6) is 1.31. The number of methoxy groups -OCH3 is 1. The summed E-state index contributed by atoms with van der Waals surface area (Å²) in [6.45, 7) is 0.465. The summed E-state index contributed by atoms with van der Waals surface area (Å²) in [5.41, 5.74) is 1.64. The number of hydrogen-bond acceptors (Lipinski definition) is 5. The number of ether oxygens (including phenoxy) is 1. The molecule has 2 aromatic carbocycles. The second kappa shape index (κ2) is 8.61. The van der Waals surface area contributed by atoms with Crippen LogP contribution in [0.25, 0.3) is 22.6 Å². The van der Waals surface area contributed by atoms with Crippen LogP contribution in [0, 0.1) is 0 Å². The monoisotopic (exact) mass is 420 g/mol. The molecule has 0 fully saturated rings. The maximum atomic E-state index is 13.4. The Balaban J connectivity index is 2.00. The van der Waals surface area contributed by atoms with Gasteiger partial charge in [0.2, 0.25) is 0 Å². The van der Waals surface area contributed by atoms with Crippen molar-refractivity contribution in [1.82, 2.24) is 18.7 Å². The van der Waals surface area contributed by atoms with E-state index in [-0.39, 0.29) is 13.2 Å². The van der Waals surface area contributed by atoms with E-state index in [0.29, 0.717) is 35.7 Å². The summed E-state index contributed by atoms with van der Waals surface area (Å²) >= 11 is 0. The molecule has 0 saturated heterocycles. The lowest BCUT2D eigenvalue weighted by atomic mass is 10.2. The van der Waals surface area contributed by atoms with Gasteiger partial charge in [-0.05, 0) is 36.2 Å². The Morgan fingerprint density at radius 1 is 1.00 bits per heavy atom. The van der Waals surface area contributed by atoms with Gasteiger partial charge >= 0.3 is 5.69 Å². The quantitative estimate of drug-likeness (QED) is 0.494. The molecule has 0 aliphatic rings. The van der Waals surface area contributed by atoms with Crippen molar-refractivity contribution in [3.05, 3.63) is 81.0 Å². The topological polar surface area (TPSA) is 91.3 Å². The van der Waals surface area contributed by atoms with Crippen LogP contribution in [0.2, 0.25) is 0 Å². The van der Waals surface area contributed by atoms with Gasteiger partial charge in [-0.1, -0.05) is 30.3 Å². The van der Waals surface area contributed by atoms with Gasteiger partial charge in [0.05, 0.1) is 7.11 Å². The molecule has 0 saturated carbocycles. The third-order valence-electron chi connectivity index (χ3n) is 5.30. The van der Waals surface area contributed by atoms with Crippen LogP contribution < -0.4 is 16.0 Å². The lowest BCUT2D eigenvalue weighted by Gasteiger charge is -2.11. The van der Waals surface area contributed by atoms with E-state index in [1.165, 1.54) is 9.13 Å². The Hall–Kier alpha value is -3.65. The summed E-state index contributed by atoms with van der Waals surface area (Å²) in [5, 5.41) is 9.18. The number of aliphatic hydroxyl groups excluding tert-OH is 1. The van der Waals surface area contributed by atoms with Crippen LogP contribution in [0.15, 0.2) is 64.2 Å². The largest absolute Gasteiger partial charge is 0.497 e. The summed E-state index contributed by atoms with van der Waals surface area (Å²) < 4.78 is 9.66. The van der Waals surface area contributed by atoms with Gasteiger partial charge in [-0.25, -0.2) is 9.78 Å². The van der Waals surface area contributed by atoms with E-state index in [4.69, 9.17) is 9.72 Å². The number of aliphatic hydroxyl groups is 1. The Morgan fingerprint density at radius 2 is 1.71 bits per heavy atom. The van der Waals surface area contributed by atoms with Crippen molar-refractivity contribution < 1.29 is 9.84 Å². The maximum Gasteiger partial charge on any atom is 0.332 e. The van der Waals surface area contributed by atoms with Crippen molar-refractivity contribution in [2.45, 2.75) is 19.5 Å². The van der Waals surface area contributed by atoms with E-state index in [9.17, 15) is 14.7 Å². The smallest absolute Gasteiger partial charge is 0.332 e. The lowest BCUT2D eigenvalue weighted by molar-refractivity contribution is 0.277. The van der Waals surface area contributed by atoms with E-state index >= 15 is 0 Å². The third-order valence-corrected chi connectivity index (χ3v) is 5.30. The van der Waals surface area contributed by atoms with Gasteiger partial charge in [0.25, 0.3) is 5.56 Å². The zero-order chi connectivity index (χ0) is 22.0. The summed E-state index contributed by atoms with van der Waals surface area (Å²) in [6, 6.07) is 17.2. The van der Waals surface area contributed by atoms with Crippen molar-refractivity contribution >= 4 is 11.2 Å². The molecule has 0 bridgehead atoms. The van der Waals surface area contributed by atoms with Gasteiger partial charge in [0.15, 0.2) is 11.2 Å². The van der Waals surface area contributed by atoms with Crippen LogP contribution in [0.3, 0.4) is 0 Å². The van der Waals surface area contributed by atoms with Crippen molar-refractivity contribution in [3.63, 3.8) is 0 Å². The second-order valence-electron chi connectivity index (χ2n) is 7.28. The summed E-state index contributed by atoms with van der Waals surface area (Å²) in [6.07, 6.45) is 0.318. The predicted octanol–water partition coefficient (Wildman–Crippen LogP) is 2.00. The fraction of sp³-hybridized carbons (Fsp3) is 0.261. The van der Waals surface area contributed by atoms with E-state index in [1.54, 1.807) is 14.2 Å². The van der Waals surface area contributed by atoms with Crippen molar-refractivity contribution in [3.8, 4) is 17.1 Å². The molecule has 0 spiro atoms. The zero-order valence-electron chi connectivity index (χ0n) is 17.5. The molecule has 0 aliphatic heterocycles. The molecule has 4 rings (SSSR count). The highest BCUT2D eigenvalue weighted by molar-refractivity contribution is 5.77. The first-order valence-corrected chi connectivity index (χ1v) is 10.0. The first-order chi connectivity index (χ1) is 15.0. The number of rotatable bonds is 7. The molecule has 0 atom stereocenters.